The van der Waals surface area contributed by atoms with Crippen molar-refractivity contribution in [1.82, 2.24) is 9.88 Å². The number of hydrogen-bond donors (Lipinski definition) is 2. The lowest BCUT2D eigenvalue weighted by Gasteiger charge is -2.53. The Balaban J connectivity index is 1.92. The molecular weight excluding hydrogens is 272 g/mol. The largest absolute Gasteiger partial charge is 0.396 e. The third-order valence-electron chi connectivity index (χ3n) is 6.21. The van der Waals surface area contributed by atoms with E-state index in [0.717, 1.165) is 25.9 Å². The summed E-state index contributed by atoms with van der Waals surface area (Å²) in [5.74, 6) is 0.475. The van der Waals surface area contributed by atoms with Crippen LogP contribution in [0.1, 0.15) is 44.0 Å². The Labute approximate surface area is 132 Å². The van der Waals surface area contributed by atoms with Crippen LogP contribution in [0.25, 0.3) is 10.9 Å². The van der Waals surface area contributed by atoms with Crippen LogP contribution in [0.5, 0.6) is 0 Å². The summed E-state index contributed by atoms with van der Waals surface area (Å²) in [5, 5.41) is 11.7. The van der Waals surface area contributed by atoms with E-state index >= 15 is 0 Å². The number of fused-ring (bicyclic) bond motifs is 5. The molecule has 2 atom stereocenters. The Bertz CT molecular complexity index is 690. The van der Waals surface area contributed by atoms with Crippen LogP contribution in [0.2, 0.25) is 0 Å². The zero-order valence-corrected chi connectivity index (χ0v) is 13.6. The van der Waals surface area contributed by atoms with E-state index in [2.05, 4.69) is 48.0 Å². The highest BCUT2D eigenvalue weighted by Gasteiger charge is 2.49. The number of aliphatic hydroxyl groups is 1. The molecule has 0 radical (unpaired) electrons. The molecule has 1 aromatic heterocycles. The predicted octanol–water partition coefficient (Wildman–Crippen LogP) is 3.50. The number of nitrogens with zero attached hydrogens (tertiary/aromatic N) is 1. The standard InChI is InChI=1S/C19H26N2O/c1-13(2)19(12-22)9-5-10-21-11-8-15-14-6-3-4-7-16(14)20-17(15)18(19)21/h3-4,6-7,13,18,20,22H,5,8-12H2,1-2H3. The molecule has 1 aromatic carbocycles. The van der Waals surface area contributed by atoms with E-state index < -0.39 is 0 Å². The van der Waals surface area contributed by atoms with Crippen molar-refractivity contribution in [2.75, 3.05) is 19.7 Å². The number of H-pyrrole nitrogens is 1. The van der Waals surface area contributed by atoms with Crippen LogP contribution in [-0.4, -0.2) is 34.7 Å². The Morgan fingerprint density at radius 3 is 2.91 bits per heavy atom. The number of aromatic amines is 1. The predicted molar refractivity (Wildman–Crippen MR) is 89.9 cm³/mol. The van der Waals surface area contributed by atoms with Gasteiger partial charge >= 0.3 is 0 Å². The fourth-order valence-electron chi connectivity index (χ4n) is 4.88. The third kappa shape index (κ3) is 1.82. The summed E-state index contributed by atoms with van der Waals surface area (Å²) in [7, 11) is 0. The first-order valence-corrected chi connectivity index (χ1v) is 8.62. The number of aliphatic hydroxyl groups excluding tert-OH is 1. The average Bonchev–Trinajstić information content (AvgIpc) is 2.92. The van der Waals surface area contributed by atoms with Crippen molar-refractivity contribution in [3.05, 3.63) is 35.5 Å². The zero-order valence-electron chi connectivity index (χ0n) is 13.6. The first-order chi connectivity index (χ1) is 10.7. The number of nitrogens with one attached hydrogen (secondary N) is 1. The van der Waals surface area contributed by atoms with E-state index in [1.807, 2.05) is 0 Å². The van der Waals surface area contributed by atoms with Gasteiger partial charge in [0.25, 0.3) is 0 Å². The normalized spacial score (nSPS) is 28.8. The molecule has 2 N–H and O–H groups in total. The van der Waals surface area contributed by atoms with E-state index in [4.69, 9.17) is 0 Å². The maximum absolute atomic E-state index is 10.3. The van der Waals surface area contributed by atoms with Crippen LogP contribution >= 0.6 is 0 Å². The second-order valence-electron chi connectivity index (χ2n) is 7.40. The summed E-state index contributed by atoms with van der Waals surface area (Å²) in [6, 6.07) is 8.98. The number of rotatable bonds is 2. The number of hydrogen-bond acceptors (Lipinski definition) is 2. The quantitative estimate of drug-likeness (QED) is 0.891. The van der Waals surface area contributed by atoms with Gasteiger partial charge in [0.15, 0.2) is 0 Å². The molecule has 3 nitrogen and oxygen atoms in total. The van der Waals surface area contributed by atoms with Crippen molar-refractivity contribution >= 4 is 10.9 Å². The molecule has 0 amide bonds. The highest BCUT2D eigenvalue weighted by atomic mass is 16.3. The van der Waals surface area contributed by atoms with Crippen molar-refractivity contribution in [1.29, 1.82) is 0 Å². The van der Waals surface area contributed by atoms with Gasteiger partial charge in [0.05, 0.1) is 12.6 Å². The lowest BCUT2D eigenvalue weighted by atomic mass is 9.64. The molecule has 0 aliphatic carbocycles. The molecule has 2 aliphatic rings. The minimum atomic E-state index is -0.0195. The summed E-state index contributed by atoms with van der Waals surface area (Å²) < 4.78 is 0. The van der Waals surface area contributed by atoms with Gasteiger partial charge in [0.1, 0.15) is 0 Å². The van der Waals surface area contributed by atoms with Crippen molar-refractivity contribution in [3.63, 3.8) is 0 Å². The molecule has 4 rings (SSSR count). The first kappa shape index (κ1) is 14.3. The number of para-hydroxylation sites is 1. The molecule has 22 heavy (non-hydrogen) atoms. The van der Waals surface area contributed by atoms with Crippen molar-refractivity contribution in [2.45, 2.75) is 39.2 Å². The molecule has 2 aliphatic heterocycles. The molecule has 3 heterocycles. The maximum atomic E-state index is 10.3. The van der Waals surface area contributed by atoms with Gasteiger partial charge in [-0.2, -0.15) is 0 Å². The maximum Gasteiger partial charge on any atom is 0.0582 e. The van der Waals surface area contributed by atoms with Gasteiger partial charge in [0.2, 0.25) is 0 Å². The molecule has 1 saturated heterocycles. The number of benzene rings is 1. The fourth-order valence-corrected chi connectivity index (χ4v) is 4.88. The van der Waals surface area contributed by atoms with Gasteiger partial charge in [-0.25, -0.2) is 0 Å². The van der Waals surface area contributed by atoms with E-state index in [0.29, 0.717) is 12.0 Å². The molecule has 0 bridgehead atoms. The first-order valence-electron chi connectivity index (χ1n) is 8.62. The Kier molecular flexibility index (Phi) is 3.31. The SMILES string of the molecule is CC(C)C1(CO)CCCN2CCc3c([nH]c4ccccc34)C21. The van der Waals surface area contributed by atoms with Gasteiger partial charge in [-0.3, -0.25) is 4.90 Å². The van der Waals surface area contributed by atoms with Gasteiger partial charge < -0.3 is 10.1 Å². The van der Waals surface area contributed by atoms with E-state index in [1.54, 1.807) is 0 Å². The summed E-state index contributed by atoms with van der Waals surface area (Å²) in [6.45, 7) is 7.11. The minimum Gasteiger partial charge on any atom is -0.396 e. The molecule has 118 valence electrons. The molecule has 2 unspecified atom stereocenters. The smallest absolute Gasteiger partial charge is 0.0582 e. The van der Waals surface area contributed by atoms with Crippen LogP contribution in [0.3, 0.4) is 0 Å². The van der Waals surface area contributed by atoms with Gasteiger partial charge in [-0.15, -0.1) is 0 Å². The lowest BCUT2D eigenvalue weighted by molar-refractivity contribution is -0.0653. The molecule has 0 spiro atoms. The topological polar surface area (TPSA) is 39.3 Å². The summed E-state index contributed by atoms with van der Waals surface area (Å²) in [6.07, 6.45) is 3.44. The molecule has 2 aromatic rings. The van der Waals surface area contributed by atoms with Crippen LogP contribution in [-0.2, 0) is 6.42 Å². The van der Waals surface area contributed by atoms with E-state index in [-0.39, 0.29) is 12.0 Å². The average molecular weight is 298 g/mol. The van der Waals surface area contributed by atoms with Crippen LogP contribution in [0.15, 0.2) is 24.3 Å². The van der Waals surface area contributed by atoms with E-state index in [9.17, 15) is 5.11 Å². The van der Waals surface area contributed by atoms with Crippen LogP contribution in [0, 0.1) is 11.3 Å². The van der Waals surface area contributed by atoms with Gasteiger partial charge in [-0.1, -0.05) is 32.0 Å². The summed E-state index contributed by atoms with van der Waals surface area (Å²) in [5.41, 5.74) is 4.08. The Morgan fingerprint density at radius 1 is 1.32 bits per heavy atom. The molecule has 0 saturated carbocycles. The number of aromatic nitrogens is 1. The fraction of sp³-hybridized carbons (Fsp3) is 0.579. The van der Waals surface area contributed by atoms with Crippen LogP contribution in [0.4, 0.5) is 0 Å². The lowest BCUT2D eigenvalue weighted by Crippen LogP contribution is -2.53. The Morgan fingerprint density at radius 2 is 2.14 bits per heavy atom. The molecule has 3 heteroatoms. The highest BCUT2D eigenvalue weighted by molar-refractivity contribution is 5.85. The molecular formula is C19H26N2O. The Hall–Kier alpha value is -1.32. The van der Waals surface area contributed by atoms with Gasteiger partial charge in [-0.05, 0) is 43.4 Å². The summed E-state index contributed by atoms with van der Waals surface area (Å²) >= 11 is 0. The zero-order chi connectivity index (χ0) is 15.3. The van der Waals surface area contributed by atoms with E-state index in [1.165, 1.54) is 28.6 Å². The second kappa shape index (κ2) is 5.10. The van der Waals surface area contributed by atoms with Crippen LogP contribution < -0.4 is 0 Å². The molecule has 1 fully saturated rings. The third-order valence-corrected chi connectivity index (χ3v) is 6.21. The second-order valence-corrected chi connectivity index (χ2v) is 7.40. The number of piperidine rings is 1. The monoisotopic (exact) mass is 298 g/mol. The highest BCUT2D eigenvalue weighted by Crippen LogP contribution is 2.53. The van der Waals surface area contributed by atoms with Crippen molar-refractivity contribution in [2.24, 2.45) is 11.3 Å². The minimum absolute atomic E-state index is 0.0195. The van der Waals surface area contributed by atoms with Crippen molar-refractivity contribution < 1.29 is 5.11 Å². The summed E-state index contributed by atoms with van der Waals surface area (Å²) in [4.78, 5) is 6.31. The van der Waals surface area contributed by atoms with Gasteiger partial charge in [0, 0.05) is 28.6 Å². The van der Waals surface area contributed by atoms with Crippen molar-refractivity contribution in [3.8, 4) is 0 Å².